The van der Waals surface area contributed by atoms with E-state index in [9.17, 15) is 4.79 Å². The number of hydrogen-bond donors (Lipinski definition) is 2. The minimum Gasteiger partial charge on any atom is -0.465 e. The summed E-state index contributed by atoms with van der Waals surface area (Å²) in [6.45, 7) is 0. The Morgan fingerprint density at radius 2 is 2.00 bits per heavy atom. The maximum atomic E-state index is 11.6. The molecule has 0 bridgehead atoms. The summed E-state index contributed by atoms with van der Waals surface area (Å²) in [5, 5.41) is 3.29. The molecule has 0 aliphatic carbocycles. The summed E-state index contributed by atoms with van der Waals surface area (Å²) in [5.41, 5.74) is 8.33. The predicted molar refractivity (Wildman–Crippen MR) is 83.7 cm³/mol. The van der Waals surface area contributed by atoms with Gasteiger partial charge in [0.25, 0.3) is 0 Å². The number of anilines is 3. The highest BCUT2D eigenvalue weighted by molar-refractivity contribution is 7.98. The highest BCUT2D eigenvalue weighted by atomic mass is 32.2. The molecular formula is C15H16N2O2S. The second-order valence-electron chi connectivity index (χ2n) is 4.12. The number of para-hydroxylation sites is 1. The van der Waals surface area contributed by atoms with E-state index in [-0.39, 0.29) is 0 Å². The van der Waals surface area contributed by atoms with Crippen LogP contribution in [-0.4, -0.2) is 19.3 Å². The van der Waals surface area contributed by atoms with Crippen molar-refractivity contribution in [3.63, 3.8) is 0 Å². The molecule has 0 aliphatic rings. The van der Waals surface area contributed by atoms with Crippen LogP contribution in [0.4, 0.5) is 17.1 Å². The molecule has 0 atom stereocenters. The van der Waals surface area contributed by atoms with Gasteiger partial charge in [0.05, 0.1) is 18.4 Å². The van der Waals surface area contributed by atoms with Crippen LogP contribution in [0.5, 0.6) is 0 Å². The van der Waals surface area contributed by atoms with Gasteiger partial charge < -0.3 is 15.8 Å². The molecule has 0 spiro atoms. The third-order valence-corrected chi connectivity index (χ3v) is 3.64. The number of nitrogens with one attached hydrogen (secondary N) is 1. The lowest BCUT2D eigenvalue weighted by molar-refractivity contribution is 0.0602. The average molecular weight is 288 g/mol. The molecule has 2 rings (SSSR count). The number of ether oxygens (including phenoxy) is 1. The fraction of sp³-hybridized carbons (Fsp3) is 0.133. The Kier molecular flexibility index (Phi) is 4.53. The Morgan fingerprint density at radius 3 is 2.70 bits per heavy atom. The predicted octanol–water partition coefficient (Wildman–Crippen LogP) is 3.52. The van der Waals surface area contributed by atoms with Crippen LogP contribution in [0, 0.1) is 0 Å². The number of rotatable bonds is 4. The number of hydrogen-bond acceptors (Lipinski definition) is 5. The van der Waals surface area contributed by atoms with Crippen LogP contribution in [0.15, 0.2) is 47.4 Å². The number of methoxy groups -OCH3 is 1. The van der Waals surface area contributed by atoms with Gasteiger partial charge in [-0.05, 0) is 36.6 Å². The fourth-order valence-electron chi connectivity index (χ4n) is 1.82. The number of thioether (sulfide) groups is 1. The monoisotopic (exact) mass is 288 g/mol. The summed E-state index contributed by atoms with van der Waals surface area (Å²) >= 11 is 1.65. The van der Waals surface area contributed by atoms with Crippen molar-refractivity contribution in [1.29, 1.82) is 0 Å². The second-order valence-corrected chi connectivity index (χ2v) is 4.97. The highest BCUT2D eigenvalue weighted by Crippen LogP contribution is 2.29. The summed E-state index contributed by atoms with van der Waals surface area (Å²) in [6.07, 6.45) is 2.02. The number of benzene rings is 2. The largest absolute Gasteiger partial charge is 0.465 e. The molecule has 0 saturated heterocycles. The SMILES string of the molecule is COC(=O)c1cc(Nc2ccccc2SC)ccc1N. The fourth-order valence-corrected chi connectivity index (χ4v) is 2.38. The quantitative estimate of drug-likeness (QED) is 0.512. The van der Waals surface area contributed by atoms with E-state index in [1.807, 2.05) is 36.6 Å². The zero-order chi connectivity index (χ0) is 14.5. The molecule has 0 saturated carbocycles. The third-order valence-electron chi connectivity index (χ3n) is 2.84. The van der Waals surface area contributed by atoms with Crippen molar-refractivity contribution in [2.75, 3.05) is 24.4 Å². The zero-order valence-electron chi connectivity index (χ0n) is 11.3. The van der Waals surface area contributed by atoms with Gasteiger partial charge in [-0.1, -0.05) is 12.1 Å². The van der Waals surface area contributed by atoms with Gasteiger partial charge in [-0.25, -0.2) is 4.79 Å². The van der Waals surface area contributed by atoms with Gasteiger partial charge in [0.15, 0.2) is 0 Å². The van der Waals surface area contributed by atoms with Crippen molar-refractivity contribution >= 4 is 34.8 Å². The minimum absolute atomic E-state index is 0.360. The van der Waals surface area contributed by atoms with E-state index in [1.54, 1.807) is 23.9 Å². The lowest BCUT2D eigenvalue weighted by Gasteiger charge is -2.12. The molecule has 0 aliphatic heterocycles. The number of carbonyl (C=O) groups is 1. The van der Waals surface area contributed by atoms with Crippen LogP contribution < -0.4 is 11.1 Å². The van der Waals surface area contributed by atoms with E-state index in [0.29, 0.717) is 11.3 Å². The summed E-state index contributed by atoms with van der Waals surface area (Å²) < 4.78 is 4.72. The summed E-state index contributed by atoms with van der Waals surface area (Å²) in [4.78, 5) is 12.8. The standard InChI is InChI=1S/C15H16N2O2S/c1-19-15(18)11-9-10(7-8-12(11)16)17-13-5-3-4-6-14(13)20-2/h3-9,17H,16H2,1-2H3. The van der Waals surface area contributed by atoms with E-state index in [2.05, 4.69) is 5.32 Å². The first-order valence-electron chi connectivity index (χ1n) is 6.03. The summed E-state index contributed by atoms with van der Waals surface area (Å²) in [6, 6.07) is 13.2. The number of carbonyl (C=O) groups excluding carboxylic acids is 1. The van der Waals surface area contributed by atoms with Crippen LogP contribution in [-0.2, 0) is 4.74 Å². The van der Waals surface area contributed by atoms with Gasteiger partial charge in [0, 0.05) is 16.3 Å². The smallest absolute Gasteiger partial charge is 0.340 e. The first kappa shape index (κ1) is 14.3. The Morgan fingerprint density at radius 1 is 1.25 bits per heavy atom. The number of esters is 1. The van der Waals surface area contributed by atoms with E-state index in [4.69, 9.17) is 10.5 Å². The van der Waals surface area contributed by atoms with Crippen LogP contribution in [0.3, 0.4) is 0 Å². The molecule has 0 heterocycles. The van der Waals surface area contributed by atoms with Crippen molar-refractivity contribution in [2.24, 2.45) is 0 Å². The topological polar surface area (TPSA) is 64.3 Å². The number of nitrogens with two attached hydrogens (primary N) is 1. The maximum Gasteiger partial charge on any atom is 0.340 e. The van der Waals surface area contributed by atoms with Crippen LogP contribution in [0.2, 0.25) is 0 Å². The average Bonchev–Trinajstić information content (AvgIpc) is 2.49. The molecule has 0 unspecified atom stereocenters. The van der Waals surface area contributed by atoms with Gasteiger partial charge in [-0.15, -0.1) is 11.8 Å². The van der Waals surface area contributed by atoms with Crippen LogP contribution >= 0.6 is 11.8 Å². The molecule has 0 aromatic heterocycles. The molecule has 0 radical (unpaired) electrons. The number of nitrogen functional groups attached to an aromatic ring is 1. The minimum atomic E-state index is -0.440. The van der Waals surface area contributed by atoms with Gasteiger partial charge in [0.2, 0.25) is 0 Å². The third kappa shape index (κ3) is 3.05. The Bertz CT molecular complexity index is 629. The first-order chi connectivity index (χ1) is 9.65. The van der Waals surface area contributed by atoms with E-state index in [1.165, 1.54) is 7.11 Å². The van der Waals surface area contributed by atoms with E-state index < -0.39 is 5.97 Å². The summed E-state index contributed by atoms with van der Waals surface area (Å²) in [5.74, 6) is -0.440. The van der Waals surface area contributed by atoms with Gasteiger partial charge in [-0.2, -0.15) is 0 Å². The van der Waals surface area contributed by atoms with Crippen molar-refractivity contribution in [2.45, 2.75) is 4.90 Å². The van der Waals surface area contributed by atoms with Crippen molar-refractivity contribution in [1.82, 2.24) is 0 Å². The molecule has 20 heavy (non-hydrogen) atoms. The van der Waals surface area contributed by atoms with Crippen molar-refractivity contribution < 1.29 is 9.53 Å². The molecule has 4 nitrogen and oxygen atoms in total. The molecule has 104 valence electrons. The highest BCUT2D eigenvalue weighted by Gasteiger charge is 2.11. The maximum absolute atomic E-state index is 11.6. The van der Waals surface area contributed by atoms with Gasteiger partial charge in [0.1, 0.15) is 0 Å². The van der Waals surface area contributed by atoms with Crippen LogP contribution in [0.25, 0.3) is 0 Å². The Labute approximate surface area is 122 Å². The van der Waals surface area contributed by atoms with Crippen molar-refractivity contribution in [3.05, 3.63) is 48.0 Å². The van der Waals surface area contributed by atoms with Gasteiger partial charge in [-0.3, -0.25) is 0 Å². The molecule has 0 fully saturated rings. The molecule has 2 aromatic rings. The molecule has 5 heteroatoms. The normalized spacial score (nSPS) is 10.1. The van der Waals surface area contributed by atoms with E-state index in [0.717, 1.165) is 16.3 Å². The Hall–Kier alpha value is -2.14. The first-order valence-corrected chi connectivity index (χ1v) is 7.26. The molecular weight excluding hydrogens is 272 g/mol. The van der Waals surface area contributed by atoms with E-state index >= 15 is 0 Å². The van der Waals surface area contributed by atoms with Crippen LogP contribution in [0.1, 0.15) is 10.4 Å². The summed E-state index contributed by atoms with van der Waals surface area (Å²) in [7, 11) is 1.34. The second kappa shape index (κ2) is 6.34. The lowest BCUT2D eigenvalue weighted by Crippen LogP contribution is -2.06. The lowest BCUT2D eigenvalue weighted by atomic mass is 10.1. The molecule has 0 amide bonds. The Balaban J connectivity index is 2.32. The van der Waals surface area contributed by atoms with Crippen molar-refractivity contribution in [3.8, 4) is 0 Å². The molecule has 3 N–H and O–H groups in total. The molecule has 2 aromatic carbocycles. The van der Waals surface area contributed by atoms with Gasteiger partial charge >= 0.3 is 5.97 Å². The zero-order valence-corrected chi connectivity index (χ0v) is 12.2.